The SMILES string of the molecule is CCOC(=O)C(=O)N1CCC(n2cccc2)CC1. The number of ether oxygens (including phenoxy) is 1. The van der Waals surface area contributed by atoms with Crippen LogP contribution in [-0.2, 0) is 14.3 Å². The summed E-state index contributed by atoms with van der Waals surface area (Å²) >= 11 is 0. The highest BCUT2D eigenvalue weighted by Gasteiger charge is 2.28. The molecule has 5 heteroatoms. The van der Waals surface area contributed by atoms with Crippen molar-refractivity contribution in [2.75, 3.05) is 19.7 Å². The Bertz CT molecular complexity index is 406. The number of hydrogen-bond donors (Lipinski definition) is 0. The van der Waals surface area contributed by atoms with E-state index in [0.29, 0.717) is 19.1 Å². The van der Waals surface area contributed by atoms with Gasteiger partial charge in [-0.2, -0.15) is 0 Å². The fourth-order valence-corrected chi connectivity index (χ4v) is 2.28. The van der Waals surface area contributed by atoms with Crippen molar-refractivity contribution in [1.29, 1.82) is 0 Å². The molecule has 1 aliphatic heterocycles. The Labute approximate surface area is 106 Å². The Morgan fingerprint density at radius 1 is 1.22 bits per heavy atom. The standard InChI is InChI=1S/C13H18N2O3/c1-2-18-13(17)12(16)15-9-5-11(6-10-15)14-7-3-4-8-14/h3-4,7-8,11H,2,5-6,9-10H2,1H3. The summed E-state index contributed by atoms with van der Waals surface area (Å²) in [5, 5.41) is 0. The maximum atomic E-state index is 11.7. The number of nitrogens with zero attached hydrogens (tertiary/aromatic N) is 2. The Morgan fingerprint density at radius 3 is 2.39 bits per heavy atom. The molecule has 1 aromatic heterocycles. The van der Waals surface area contributed by atoms with Crippen molar-refractivity contribution in [3.05, 3.63) is 24.5 Å². The third kappa shape index (κ3) is 2.72. The smallest absolute Gasteiger partial charge is 0.397 e. The monoisotopic (exact) mass is 250 g/mol. The number of carbonyl (C=O) groups is 2. The number of likely N-dealkylation sites (tertiary alicyclic amines) is 1. The first-order valence-electron chi connectivity index (χ1n) is 6.31. The lowest BCUT2D eigenvalue weighted by molar-refractivity contribution is -0.160. The van der Waals surface area contributed by atoms with Crippen LogP contribution in [0.4, 0.5) is 0 Å². The predicted octanol–water partition coefficient (Wildman–Crippen LogP) is 1.21. The third-order valence-electron chi connectivity index (χ3n) is 3.25. The summed E-state index contributed by atoms with van der Waals surface area (Å²) in [5.41, 5.74) is 0. The predicted molar refractivity (Wildman–Crippen MR) is 65.9 cm³/mol. The van der Waals surface area contributed by atoms with Gasteiger partial charge in [0.1, 0.15) is 0 Å². The molecule has 0 radical (unpaired) electrons. The van der Waals surface area contributed by atoms with E-state index in [4.69, 9.17) is 4.74 Å². The summed E-state index contributed by atoms with van der Waals surface area (Å²) in [6.07, 6.45) is 5.82. The van der Waals surface area contributed by atoms with Gasteiger partial charge in [0.25, 0.3) is 0 Å². The van der Waals surface area contributed by atoms with Crippen LogP contribution in [0.1, 0.15) is 25.8 Å². The first-order chi connectivity index (χ1) is 8.72. The van der Waals surface area contributed by atoms with Gasteiger partial charge in [0.2, 0.25) is 0 Å². The Balaban J connectivity index is 1.87. The van der Waals surface area contributed by atoms with E-state index in [1.54, 1.807) is 11.8 Å². The van der Waals surface area contributed by atoms with Crippen LogP contribution in [-0.4, -0.2) is 41.0 Å². The molecule has 1 fully saturated rings. The zero-order valence-electron chi connectivity index (χ0n) is 10.5. The van der Waals surface area contributed by atoms with Crippen molar-refractivity contribution in [3.8, 4) is 0 Å². The molecular weight excluding hydrogens is 232 g/mol. The second kappa shape index (κ2) is 5.71. The van der Waals surface area contributed by atoms with E-state index in [2.05, 4.69) is 4.57 Å². The summed E-state index contributed by atoms with van der Waals surface area (Å²) in [6.45, 7) is 3.16. The van der Waals surface area contributed by atoms with Crippen molar-refractivity contribution in [2.24, 2.45) is 0 Å². The van der Waals surface area contributed by atoms with Crippen molar-refractivity contribution >= 4 is 11.9 Å². The second-order valence-electron chi connectivity index (χ2n) is 4.37. The number of piperidine rings is 1. The van der Waals surface area contributed by atoms with Gasteiger partial charge in [-0.05, 0) is 31.9 Å². The summed E-state index contributed by atoms with van der Waals surface area (Å²) in [7, 11) is 0. The fraction of sp³-hybridized carbons (Fsp3) is 0.538. The van der Waals surface area contributed by atoms with Crippen LogP contribution in [0.2, 0.25) is 0 Å². The van der Waals surface area contributed by atoms with E-state index in [1.165, 1.54) is 0 Å². The molecule has 0 aromatic carbocycles. The Hall–Kier alpha value is -1.78. The molecule has 0 aliphatic carbocycles. The minimum absolute atomic E-state index is 0.240. The third-order valence-corrected chi connectivity index (χ3v) is 3.25. The minimum Gasteiger partial charge on any atom is -0.459 e. The van der Waals surface area contributed by atoms with E-state index in [1.807, 2.05) is 24.5 Å². The first-order valence-corrected chi connectivity index (χ1v) is 6.31. The highest BCUT2D eigenvalue weighted by molar-refractivity contribution is 6.32. The molecule has 2 rings (SSSR count). The average Bonchev–Trinajstić information content (AvgIpc) is 2.92. The molecule has 0 atom stereocenters. The van der Waals surface area contributed by atoms with Crippen LogP contribution in [0.5, 0.6) is 0 Å². The summed E-state index contributed by atoms with van der Waals surface area (Å²) in [4.78, 5) is 24.6. The van der Waals surface area contributed by atoms with E-state index < -0.39 is 11.9 Å². The molecule has 0 unspecified atom stereocenters. The van der Waals surface area contributed by atoms with Crippen molar-refractivity contribution in [2.45, 2.75) is 25.8 Å². The number of hydrogen-bond acceptors (Lipinski definition) is 3. The molecule has 0 bridgehead atoms. The molecule has 18 heavy (non-hydrogen) atoms. The molecule has 0 spiro atoms. The van der Waals surface area contributed by atoms with Gasteiger partial charge in [0.05, 0.1) is 6.61 Å². The fourth-order valence-electron chi connectivity index (χ4n) is 2.28. The highest BCUT2D eigenvalue weighted by atomic mass is 16.5. The molecular formula is C13H18N2O3. The van der Waals surface area contributed by atoms with Gasteiger partial charge >= 0.3 is 11.9 Å². The molecule has 0 N–H and O–H groups in total. The molecule has 1 saturated heterocycles. The van der Waals surface area contributed by atoms with Gasteiger partial charge in [-0.25, -0.2) is 4.79 Å². The van der Waals surface area contributed by atoms with Crippen LogP contribution in [0.15, 0.2) is 24.5 Å². The van der Waals surface area contributed by atoms with Crippen LogP contribution >= 0.6 is 0 Å². The maximum absolute atomic E-state index is 11.7. The lowest BCUT2D eigenvalue weighted by Crippen LogP contribution is -2.43. The maximum Gasteiger partial charge on any atom is 0.397 e. The first kappa shape index (κ1) is 12.7. The van der Waals surface area contributed by atoms with Gasteiger partial charge < -0.3 is 14.2 Å². The number of esters is 1. The number of amides is 1. The molecule has 0 saturated carbocycles. The van der Waals surface area contributed by atoms with Crippen LogP contribution in [0, 0.1) is 0 Å². The largest absolute Gasteiger partial charge is 0.459 e. The van der Waals surface area contributed by atoms with Gasteiger partial charge in [0, 0.05) is 31.5 Å². The quantitative estimate of drug-likeness (QED) is 0.585. The van der Waals surface area contributed by atoms with Gasteiger partial charge in [-0.3, -0.25) is 4.79 Å². The van der Waals surface area contributed by atoms with E-state index in [9.17, 15) is 9.59 Å². The lowest BCUT2D eigenvalue weighted by Gasteiger charge is -2.32. The zero-order chi connectivity index (χ0) is 13.0. The van der Waals surface area contributed by atoms with Crippen molar-refractivity contribution < 1.29 is 14.3 Å². The molecule has 1 aromatic rings. The minimum atomic E-state index is -0.739. The molecule has 2 heterocycles. The normalized spacial score (nSPS) is 16.6. The molecule has 1 amide bonds. The number of rotatable bonds is 2. The summed E-state index contributed by atoms with van der Waals surface area (Å²) < 4.78 is 6.88. The van der Waals surface area contributed by atoms with E-state index in [-0.39, 0.29) is 6.61 Å². The number of aromatic nitrogens is 1. The van der Waals surface area contributed by atoms with Crippen LogP contribution in [0.3, 0.4) is 0 Å². The molecule has 98 valence electrons. The lowest BCUT2D eigenvalue weighted by atomic mass is 10.0. The Kier molecular flexibility index (Phi) is 4.02. The van der Waals surface area contributed by atoms with E-state index in [0.717, 1.165) is 12.8 Å². The Morgan fingerprint density at radius 2 is 1.83 bits per heavy atom. The van der Waals surface area contributed by atoms with Gasteiger partial charge in [-0.15, -0.1) is 0 Å². The second-order valence-corrected chi connectivity index (χ2v) is 4.37. The molecule has 1 aliphatic rings. The summed E-state index contributed by atoms with van der Waals surface area (Å²) in [6, 6.07) is 4.41. The van der Waals surface area contributed by atoms with Gasteiger partial charge in [-0.1, -0.05) is 0 Å². The zero-order valence-corrected chi connectivity index (χ0v) is 10.5. The highest BCUT2D eigenvalue weighted by Crippen LogP contribution is 2.22. The average molecular weight is 250 g/mol. The van der Waals surface area contributed by atoms with Crippen molar-refractivity contribution in [3.63, 3.8) is 0 Å². The van der Waals surface area contributed by atoms with Gasteiger partial charge in [0.15, 0.2) is 0 Å². The van der Waals surface area contributed by atoms with Crippen molar-refractivity contribution in [1.82, 2.24) is 9.47 Å². The van der Waals surface area contributed by atoms with E-state index >= 15 is 0 Å². The number of carbonyl (C=O) groups excluding carboxylic acids is 2. The molecule has 5 nitrogen and oxygen atoms in total. The van der Waals surface area contributed by atoms with Crippen LogP contribution < -0.4 is 0 Å². The summed E-state index contributed by atoms with van der Waals surface area (Å²) in [5.74, 6) is -1.25. The topological polar surface area (TPSA) is 51.5 Å². The van der Waals surface area contributed by atoms with Crippen LogP contribution in [0.25, 0.3) is 0 Å².